The molecule has 1 rings (SSSR count). The van der Waals surface area contributed by atoms with Gasteiger partial charge in [0.2, 0.25) is 0 Å². The minimum absolute atomic E-state index is 0.00222. The smallest absolute Gasteiger partial charge is 0.0834 e. The molecule has 0 fully saturated rings. The van der Waals surface area contributed by atoms with E-state index in [4.69, 9.17) is 22.2 Å². The summed E-state index contributed by atoms with van der Waals surface area (Å²) in [6, 6.07) is -0.00222. The highest BCUT2D eigenvalue weighted by atomic mass is 35.5. The first-order valence-corrected chi connectivity index (χ1v) is 5.64. The van der Waals surface area contributed by atoms with Crippen LogP contribution in [0.4, 0.5) is 0 Å². The van der Waals surface area contributed by atoms with E-state index in [1.807, 2.05) is 14.0 Å². The summed E-state index contributed by atoms with van der Waals surface area (Å²) in [7, 11) is 3.55. The third-order valence-electron chi connectivity index (χ3n) is 2.73. The lowest BCUT2D eigenvalue weighted by Crippen LogP contribution is -2.30. The van der Waals surface area contributed by atoms with Crippen LogP contribution in [0, 0.1) is 0 Å². The fourth-order valence-electron chi connectivity index (χ4n) is 1.63. The number of nitrogens with two attached hydrogens (primary N) is 1. The number of nitrogens with one attached hydrogen (secondary N) is 1. The zero-order valence-corrected chi connectivity index (χ0v) is 10.7. The van der Waals surface area contributed by atoms with Crippen LogP contribution in [0.15, 0.2) is 6.20 Å². The molecule has 0 aliphatic carbocycles. The Morgan fingerprint density at radius 3 is 2.75 bits per heavy atom. The van der Waals surface area contributed by atoms with Crippen LogP contribution < -0.4 is 11.3 Å². The van der Waals surface area contributed by atoms with Gasteiger partial charge < -0.3 is 4.74 Å². The average molecular weight is 247 g/mol. The molecule has 0 amide bonds. The number of hydrogen-bond donors (Lipinski definition) is 2. The van der Waals surface area contributed by atoms with E-state index in [1.165, 1.54) is 0 Å². The molecule has 0 saturated carbocycles. The molecule has 1 aromatic heterocycles. The monoisotopic (exact) mass is 246 g/mol. The maximum atomic E-state index is 6.06. The van der Waals surface area contributed by atoms with E-state index < -0.39 is 0 Å². The summed E-state index contributed by atoms with van der Waals surface area (Å²) in [4.78, 5) is 0. The van der Waals surface area contributed by atoms with Gasteiger partial charge in [-0.25, -0.2) is 0 Å². The summed E-state index contributed by atoms with van der Waals surface area (Å²) in [6.07, 6.45) is 3.60. The molecule has 2 unspecified atom stereocenters. The van der Waals surface area contributed by atoms with Crippen molar-refractivity contribution in [3.63, 3.8) is 0 Å². The average Bonchev–Trinajstić information content (AvgIpc) is 2.61. The lowest BCUT2D eigenvalue weighted by Gasteiger charge is -2.18. The molecule has 0 aromatic carbocycles. The standard InChI is InChI=1S/C10H19ClN4O/c1-7(16-3)4-5-9(14-12)10-8(11)6-13-15(10)2/h6-7,9,14H,4-5,12H2,1-3H3. The molecule has 2 atom stereocenters. The highest BCUT2D eigenvalue weighted by Gasteiger charge is 2.18. The third-order valence-corrected chi connectivity index (χ3v) is 3.02. The zero-order valence-electron chi connectivity index (χ0n) is 9.90. The second kappa shape index (κ2) is 6.20. The first kappa shape index (κ1) is 13.4. The van der Waals surface area contributed by atoms with Crippen molar-refractivity contribution in [1.82, 2.24) is 15.2 Å². The zero-order chi connectivity index (χ0) is 12.1. The molecular formula is C10H19ClN4O. The molecule has 1 heterocycles. The van der Waals surface area contributed by atoms with Gasteiger partial charge in [0.05, 0.1) is 29.1 Å². The highest BCUT2D eigenvalue weighted by Crippen LogP contribution is 2.25. The Morgan fingerprint density at radius 1 is 1.62 bits per heavy atom. The van der Waals surface area contributed by atoms with Crippen LogP contribution in [0.1, 0.15) is 31.5 Å². The predicted octanol–water partition coefficient (Wildman–Crippen LogP) is 1.39. The van der Waals surface area contributed by atoms with Crippen LogP contribution in [0.3, 0.4) is 0 Å². The van der Waals surface area contributed by atoms with Gasteiger partial charge in [0.15, 0.2) is 0 Å². The molecule has 0 aliphatic heterocycles. The van der Waals surface area contributed by atoms with E-state index in [1.54, 1.807) is 18.0 Å². The molecule has 5 nitrogen and oxygen atoms in total. The molecule has 6 heteroatoms. The van der Waals surface area contributed by atoms with Gasteiger partial charge in [-0.15, -0.1) is 0 Å². The fourth-order valence-corrected chi connectivity index (χ4v) is 1.93. The molecule has 0 spiro atoms. The van der Waals surface area contributed by atoms with Crippen molar-refractivity contribution in [1.29, 1.82) is 0 Å². The number of methoxy groups -OCH3 is 1. The second-order valence-corrected chi connectivity index (χ2v) is 4.25. The maximum absolute atomic E-state index is 6.06. The van der Waals surface area contributed by atoms with Crippen molar-refractivity contribution in [2.45, 2.75) is 31.9 Å². The van der Waals surface area contributed by atoms with Crippen LogP contribution in [0.5, 0.6) is 0 Å². The second-order valence-electron chi connectivity index (χ2n) is 3.84. The Kier molecular flexibility index (Phi) is 5.21. The van der Waals surface area contributed by atoms with Crippen LogP contribution in [-0.4, -0.2) is 23.0 Å². The van der Waals surface area contributed by atoms with Gasteiger partial charge in [-0.1, -0.05) is 11.6 Å². The molecular weight excluding hydrogens is 228 g/mol. The summed E-state index contributed by atoms with van der Waals surface area (Å²) in [5.41, 5.74) is 3.67. The Labute approximate surface area is 101 Å². The van der Waals surface area contributed by atoms with Crippen LogP contribution in [0.25, 0.3) is 0 Å². The minimum Gasteiger partial charge on any atom is -0.382 e. The summed E-state index contributed by atoms with van der Waals surface area (Å²) in [5, 5.41) is 4.72. The van der Waals surface area contributed by atoms with Crippen molar-refractivity contribution in [3.05, 3.63) is 16.9 Å². The van der Waals surface area contributed by atoms with E-state index in [-0.39, 0.29) is 12.1 Å². The molecule has 92 valence electrons. The summed E-state index contributed by atoms with van der Waals surface area (Å²) < 4.78 is 6.94. The van der Waals surface area contributed by atoms with E-state index in [2.05, 4.69) is 10.5 Å². The SMILES string of the molecule is COC(C)CCC(NN)c1c(Cl)cnn1C. The van der Waals surface area contributed by atoms with E-state index in [0.29, 0.717) is 5.02 Å². The number of aryl methyl sites for hydroxylation is 1. The number of hydrogen-bond acceptors (Lipinski definition) is 4. The van der Waals surface area contributed by atoms with Crippen molar-refractivity contribution < 1.29 is 4.74 Å². The van der Waals surface area contributed by atoms with Gasteiger partial charge in [-0.3, -0.25) is 16.0 Å². The number of rotatable bonds is 6. The van der Waals surface area contributed by atoms with Gasteiger partial charge in [0.1, 0.15) is 0 Å². The molecule has 1 aromatic rings. The number of aromatic nitrogens is 2. The van der Waals surface area contributed by atoms with Crippen molar-refractivity contribution in [3.8, 4) is 0 Å². The molecule has 16 heavy (non-hydrogen) atoms. The van der Waals surface area contributed by atoms with Crippen LogP contribution >= 0.6 is 11.6 Å². The number of halogens is 1. The lowest BCUT2D eigenvalue weighted by atomic mass is 10.1. The van der Waals surface area contributed by atoms with Crippen molar-refractivity contribution >= 4 is 11.6 Å². The molecule has 0 radical (unpaired) electrons. The Bertz CT molecular complexity index is 309. The Morgan fingerprint density at radius 2 is 2.31 bits per heavy atom. The molecule has 3 N–H and O–H groups in total. The van der Waals surface area contributed by atoms with E-state index >= 15 is 0 Å². The molecule has 0 aliphatic rings. The lowest BCUT2D eigenvalue weighted by molar-refractivity contribution is 0.106. The minimum atomic E-state index is -0.00222. The van der Waals surface area contributed by atoms with Gasteiger partial charge >= 0.3 is 0 Å². The number of nitrogens with zero attached hydrogens (tertiary/aromatic N) is 2. The highest BCUT2D eigenvalue weighted by molar-refractivity contribution is 6.31. The predicted molar refractivity (Wildman–Crippen MR) is 64.0 cm³/mol. The van der Waals surface area contributed by atoms with E-state index in [9.17, 15) is 0 Å². The quantitative estimate of drug-likeness (QED) is 0.588. The first-order valence-electron chi connectivity index (χ1n) is 5.26. The van der Waals surface area contributed by atoms with Gasteiger partial charge in [-0.2, -0.15) is 5.10 Å². The van der Waals surface area contributed by atoms with Crippen LogP contribution in [-0.2, 0) is 11.8 Å². The third kappa shape index (κ3) is 3.18. The molecule has 0 saturated heterocycles. The normalized spacial score (nSPS) is 15.1. The van der Waals surface area contributed by atoms with Crippen LogP contribution in [0.2, 0.25) is 5.02 Å². The molecule has 0 bridgehead atoms. The van der Waals surface area contributed by atoms with Crippen molar-refractivity contribution in [2.24, 2.45) is 12.9 Å². The number of ether oxygens (including phenoxy) is 1. The largest absolute Gasteiger partial charge is 0.382 e. The summed E-state index contributed by atoms with van der Waals surface area (Å²) in [5.74, 6) is 5.54. The number of hydrazine groups is 1. The Balaban J connectivity index is 2.67. The van der Waals surface area contributed by atoms with E-state index in [0.717, 1.165) is 18.5 Å². The van der Waals surface area contributed by atoms with Crippen molar-refractivity contribution in [2.75, 3.05) is 7.11 Å². The topological polar surface area (TPSA) is 65.1 Å². The summed E-state index contributed by atoms with van der Waals surface area (Å²) >= 11 is 6.06. The van der Waals surface area contributed by atoms with Gasteiger partial charge in [-0.05, 0) is 19.8 Å². The first-order chi connectivity index (χ1) is 7.60. The Hall–Kier alpha value is -0.620. The van der Waals surface area contributed by atoms with Gasteiger partial charge in [0.25, 0.3) is 0 Å². The summed E-state index contributed by atoms with van der Waals surface area (Å²) in [6.45, 7) is 2.03. The fraction of sp³-hybridized carbons (Fsp3) is 0.700. The maximum Gasteiger partial charge on any atom is 0.0834 e. The van der Waals surface area contributed by atoms with Gasteiger partial charge in [0, 0.05) is 14.2 Å².